The Morgan fingerprint density at radius 3 is 3.00 bits per heavy atom. The molecular formula is C12H18N4O2. The number of hydrogen-bond acceptors (Lipinski definition) is 4. The number of carbonyl (C=O) groups is 1. The van der Waals surface area contributed by atoms with E-state index in [4.69, 9.17) is 4.74 Å². The second-order valence-electron chi connectivity index (χ2n) is 4.53. The van der Waals surface area contributed by atoms with Gasteiger partial charge in [-0.2, -0.15) is 0 Å². The van der Waals surface area contributed by atoms with Gasteiger partial charge in [-0.15, -0.1) is 0 Å². The predicted molar refractivity (Wildman–Crippen MR) is 67.6 cm³/mol. The second kappa shape index (κ2) is 5.66. The number of anilines is 1. The van der Waals surface area contributed by atoms with Gasteiger partial charge in [-0.3, -0.25) is 5.32 Å². The van der Waals surface area contributed by atoms with Crippen molar-refractivity contribution >= 4 is 11.8 Å². The smallest absolute Gasteiger partial charge is 0.322 e. The van der Waals surface area contributed by atoms with Gasteiger partial charge in [-0.1, -0.05) is 12.8 Å². The fourth-order valence-corrected chi connectivity index (χ4v) is 1.61. The molecule has 0 radical (unpaired) electrons. The third-order valence-corrected chi connectivity index (χ3v) is 3.00. The number of aromatic nitrogens is 2. The van der Waals surface area contributed by atoms with Gasteiger partial charge in [0.15, 0.2) is 0 Å². The fraction of sp³-hybridized carbons (Fsp3) is 0.583. The molecule has 6 nitrogen and oxygen atoms in total. The average molecular weight is 250 g/mol. The Labute approximate surface area is 106 Å². The molecule has 0 aliphatic heterocycles. The molecule has 0 saturated heterocycles. The van der Waals surface area contributed by atoms with E-state index in [0.717, 1.165) is 18.9 Å². The number of nitrogens with zero attached hydrogens (tertiary/aromatic N) is 3. The SMILES string of the molecule is COc1cc(NC(=O)N(C)CCC2CC2)ncn1. The molecule has 0 atom stereocenters. The van der Waals surface area contributed by atoms with Gasteiger partial charge in [-0.25, -0.2) is 14.8 Å². The van der Waals surface area contributed by atoms with Crippen LogP contribution in [0.15, 0.2) is 12.4 Å². The van der Waals surface area contributed by atoms with Gasteiger partial charge in [0.25, 0.3) is 0 Å². The lowest BCUT2D eigenvalue weighted by Crippen LogP contribution is -2.32. The van der Waals surface area contributed by atoms with Crippen molar-refractivity contribution in [3.63, 3.8) is 0 Å². The molecule has 0 aromatic carbocycles. The van der Waals surface area contributed by atoms with Gasteiger partial charge >= 0.3 is 6.03 Å². The van der Waals surface area contributed by atoms with E-state index < -0.39 is 0 Å². The van der Waals surface area contributed by atoms with Crippen molar-refractivity contribution in [3.8, 4) is 5.88 Å². The summed E-state index contributed by atoms with van der Waals surface area (Å²) in [5, 5.41) is 2.72. The van der Waals surface area contributed by atoms with Crippen molar-refractivity contribution in [2.75, 3.05) is 26.0 Å². The summed E-state index contributed by atoms with van der Waals surface area (Å²) >= 11 is 0. The van der Waals surface area contributed by atoms with Crippen LogP contribution < -0.4 is 10.1 Å². The molecule has 1 aromatic rings. The highest BCUT2D eigenvalue weighted by Gasteiger charge is 2.22. The van der Waals surface area contributed by atoms with E-state index in [9.17, 15) is 4.79 Å². The molecule has 1 aliphatic rings. The topological polar surface area (TPSA) is 67.3 Å². The minimum atomic E-state index is -0.156. The maximum atomic E-state index is 11.9. The minimum absolute atomic E-state index is 0.156. The first-order chi connectivity index (χ1) is 8.69. The lowest BCUT2D eigenvalue weighted by atomic mass is 10.3. The Balaban J connectivity index is 1.84. The Morgan fingerprint density at radius 1 is 1.56 bits per heavy atom. The zero-order valence-corrected chi connectivity index (χ0v) is 10.7. The van der Waals surface area contributed by atoms with Gasteiger partial charge in [0, 0.05) is 19.7 Å². The van der Waals surface area contributed by atoms with Crippen LogP contribution in [-0.2, 0) is 0 Å². The van der Waals surface area contributed by atoms with Crippen LogP contribution in [0.3, 0.4) is 0 Å². The van der Waals surface area contributed by atoms with Crippen molar-refractivity contribution in [2.24, 2.45) is 5.92 Å². The maximum absolute atomic E-state index is 11.9. The Morgan fingerprint density at radius 2 is 2.33 bits per heavy atom. The lowest BCUT2D eigenvalue weighted by Gasteiger charge is -2.17. The molecular weight excluding hydrogens is 232 g/mol. The summed E-state index contributed by atoms with van der Waals surface area (Å²) in [7, 11) is 3.31. The molecule has 1 aliphatic carbocycles. The molecule has 0 bridgehead atoms. The van der Waals surface area contributed by atoms with Crippen molar-refractivity contribution < 1.29 is 9.53 Å². The van der Waals surface area contributed by atoms with Crippen LogP contribution in [0.2, 0.25) is 0 Å². The molecule has 18 heavy (non-hydrogen) atoms. The van der Waals surface area contributed by atoms with Crippen molar-refractivity contribution in [1.29, 1.82) is 0 Å². The summed E-state index contributed by atoms with van der Waals surface area (Å²) in [4.78, 5) is 21.4. The quantitative estimate of drug-likeness (QED) is 0.864. The molecule has 2 rings (SSSR count). The van der Waals surface area contributed by atoms with E-state index in [-0.39, 0.29) is 6.03 Å². The first-order valence-electron chi connectivity index (χ1n) is 6.07. The molecule has 1 saturated carbocycles. The highest BCUT2D eigenvalue weighted by atomic mass is 16.5. The van der Waals surface area contributed by atoms with Gasteiger partial charge in [0.2, 0.25) is 5.88 Å². The van der Waals surface area contributed by atoms with Gasteiger partial charge in [0.1, 0.15) is 12.1 Å². The summed E-state index contributed by atoms with van der Waals surface area (Å²) in [6.45, 7) is 0.777. The van der Waals surface area contributed by atoms with Gasteiger partial charge in [-0.05, 0) is 12.3 Å². The third-order valence-electron chi connectivity index (χ3n) is 3.00. The number of rotatable bonds is 5. The lowest BCUT2D eigenvalue weighted by molar-refractivity contribution is 0.221. The van der Waals surface area contributed by atoms with Crippen LogP contribution in [0.1, 0.15) is 19.3 Å². The van der Waals surface area contributed by atoms with Crippen LogP contribution in [0.25, 0.3) is 0 Å². The van der Waals surface area contributed by atoms with Gasteiger partial charge < -0.3 is 9.64 Å². The van der Waals surface area contributed by atoms with Crippen LogP contribution in [-0.4, -0.2) is 41.6 Å². The number of amides is 2. The van der Waals surface area contributed by atoms with Gasteiger partial charge in [0.05, 0.1) is 7.11 Å². The molecule has 1 fully saturated rings. The molecule has 2 amide bonds. The fourth-order valence-electron chi connectivity index (χ4n) is 1.61. The monoisotopic (exact) mass is 250 g/mol. The normalized spacial score (nSPS) is 14.1. The van der Waals surface area contributed by atoms with E-state index >= 15 is 0 Å². The van der Waals surface area contributed by atoms with Crippen LogP contribution in [0, 0.1) is 5.92 Å². The van der Waals surface area contributed by atoms with Crippen molar-refractivity contribution in [2.45, 2.75) is 19.3 Å². The largest absolute Gasteiger partial charge is 0.481 e. The number of ether oxygens (including phenoxy) is 1. The molecule has 1 N–H and O–H groups in total. The molecule has 0 spiro atoms. The van der Waals surface area contributed by atoms with E-state index in [1.165, 1.54) is 26.3 Å². The average Bonchev–Trinajstić information content (AvgIpc) is 3.20. The number of hydrogen-bond donors (Lipinski definition) is 1. The van der Waals surface area contributed by atoms with Crippen LogP contribution >= 0.6 is 0 Å². The highest BCUT2D eigenvalue weighted by molar-refractivity contribution is 5.88. The highest BCUT2D eigenvalue weighted by Crippen LogP contribution is 2.32. The van der Waals surface area contributed by atoms with Crippen LogP contribution in [0.5, 0.6) is 5.88 Å². The summed E-state index contributed by atoms with van der Waals surface area (Å²) < 4.78 is 4.97. The molecule has 6 heteroatoms. The van der Waals surface area contributed by atoms with Crippen molar-refractivity contribution in [3.05, 3.63) is 12.4 Å². The maximum Gasteiger partial charge on any atom is 0.322 e. The van der Waals surface area contributed by atoms with E-state index in [0.29, 0.717) is 11.7 Å². The number of methoxy groups -OCH3 is 1. The Kier molecular flexibility index (Phi) is 3.96. The number of urea groups is 1. The first kappa shape index (κ1) is 12.6. The molecule has 1 aromatic heterocycles. The van der Waals surface area contributed by atoms with Crippen LogP contribution in [0.4, 0.5) is 10.6 Å². The first-order valence-corrected chi connectivity index (χ1v) is 6.07. The van der Waals surface area contributed by atoms with E-state index in [2.05, 4.69) is 15.3 Å². The summed E-state index contributed by atoms with van der Waals surface area (Å²) in [6.07, 6.45) is 5.05. The predicted octanol–water partition coefficient (Wildman–Crippen LogP) is 1.75. The molecule has 98 valence electrons. The zero-order chi connectivity index (χ0) is 13.0. The second-order valence-corrected chi connectivity index (χ2v) is 4.53. The molecule has 1 heterocycles. The number of carbonyl (C=O) groups excluding carboxylic acids is 1. The molecule has 0 unspecified atom stereocenters. The standard InChI is InChI=1S/C12H18N4O2/c1-16(6-5-9-3-4-9)12(17)15-10-7-11(18-2)14-8-13-10/h7-9H,3-6H2,1-2H3,(H,13,14,15,17). The van der Waals surface area contributed by atoms with E-state index in [1.54, 1.807) is 18.0 Å². The Hall–Kier alpha value is -1.85. The van der Waals surface area contributed by atoms with E-state index in [1.807, 2.05) is 0 Å². The Bertz CT molecular complexity index is 420. The summed E-state index contributed by atoms with van der Waals surface area (Å²) in [5.41, 5.74) is 0. The third kappa shape index (κ3) is 3.58. The summed E-state index contributed by atoms with van der Waals surface area (Å²) in [5.74, 6) is 1.70. The minimum Gasteiger partial charge on any atom is -0.481 e. The zero-order valence-electron chi connectivity index (χ0n) is 10.7. The number of nitrogens with one attached hydrogen (secondary N) is 1. The van der Waals surface area contributed by atoms with Crippen molar-refractivity contribution in [1.82, 2.24) is 14.9 Å². The summed E-state index contributed by atoms with van der Waals surface area (Å²) in [6, 6.07) is 1.43.